The largest absolute Gasteiger partial charge is 0.488 e. The minimum absolute atomic E-state index is 0.376. The van der Waals surface area contributed by atoms with E-state index >= 15 is 0 Å². The van der Waals surface area contributed by atoms with Crippen molar-refractivity contribution in [2.24, 2.45) is 5.92 Å². The molecule has 3 aliphatic rings. The van der Waals surface area contributed by atoms with Gasteiger partial charge in [-0.3, -0.25) is 9.69 Å². The van der Waals surface area contributed by atoms with Gasteiger partial charge in [-0.25, -0.2) is 4.98 Å². The van der Waals surface area contributed by atoms with Crippen molar-refractivity contribution in [1.29, 1.82) is 0 Å². The van der Waals surface area contributed by atoms with Crippen LogP contribution in [0.25, 0.3) is 11.3 Å². The van der Waals surface area contributed by atoms with E-state index in [1.54, 1.807) is 7.11 Å². The number of nitrogens with zero attached hydrogens (tertiary/aromatic N) is 3. The topological polar surface area (TPSA) is 84.4 Å². The van der Waals surface area contributed by atoms with E-state index in [4.69, 9.17) is 19.2 Å². The first-order valence-corrected chi connectivity index (χ1v) is 15.6. The number of carboxylic acid groups (broad SMARTS) is 1. The van der Waals surface area contributed by atoms with E-state index in [2.05, 4.69) is 47.9 Å². The van der Waals surface area contributed by atoms with Gasteiger partial charge in [-0.1, -0.05) is 30.3 Å². The number of carboxylic acids is 1. The first-order valence-electron chi connectivity index (χ1n) is 15.6. The van der Waals surface area contributed by atoms with Crippen molar-refractivity contribution < 1.29 is 24.1 Å². The van der Waals surface area contributed by atoms with E-state index in [1.165, 1.54) is 22.3 Å². The Morgan fingerprint density at radius 1 is 1.05 bits per heavy atom. The molecule has 8 heteroatoms. The lowest BCUT2D eigenvalue weighted by molar-refractivity contribution is -0.147. The molecule has 3 aromatic rings. The number of aryl methyl sites for hydroxylation is 1. The summed E-state index contributed by atoms with van der Waals surface area (Å²) in [4.78, 5) is 21.4. The highest BCUT2D eigenvalue weighted by Crippen LogP contribution is 2.35. The van der Waals surface area contributed by atoms with E-state index in [0.717, 1.165) is 74.0 Å². The monoisotopic (exact) mass is 585 g/mol. The summed E-state index contributed by atoms with van der Waals surface area (Å²) in [7, 11) is 1.58. The van der Waals surface area contributed by atoms with Crippen LogP contribution in [0, 0.1) is 19.8 Å². The Balaban J connectivity index is 1.19. The molecule has 1 aromatic heterocycles. The summed E-state index contributed by atoms with van der Waals surface area (Å²) in [6.45, 7) is 9.85. The van der Waals surface area contributed by atoms with Gasteiger partial charge < -0.3 is 24.2 Å². The molecule has 0 saturated carbocycles. The fraction of sp³-hybridized carbons (Fsp3) is 0.486. The Kier molecular flexibility index (Phi) is 8.98. The molecule has 0 radical (unpaired) electrons. The average molecular weight is 586 g/mol. The predicted molar refractivity (Wildman–Crippen MR) is 167 cm³/mol. The normalized spacial score (nSPS) is 22.7. The Bertz CT molecular complexity index is 1450. The number of piperidine rings is 1. The maximum absolute atomic E-state index is 11.7. The Morgan fingerprint density at radius 2 is 1.88 bits per heavy atom. The van der Waals surface area contributed by atoms with Gasteiger partial charge in [0, 0.05) is 51.5 Å². The van der Waals surface area contributed by atoms with Crippen LogP contribution in [0.15, 0.2) is 48.5 Å². The summed E-state index contributed by atoms with van der Waals surface area (Å²) < 4.78 is 17.8. The maximum atomic E-state index is 11.7. The lowest BCUT2D eigenvalue weighted by Crippen LogP contribution is -2.47. The lowest BCUT2D eigenvalue weighted by Gasteiger charge is -2.36. The van der Waals surface area contributed by atoms with Crippen molar-refractivity contribution in [2.75, 3.05) is 51.4 Å². The van der Waals surface area contributed by atoms with Gasteiger partial charge in [0.05, 0.1) is 24.3 Å². The number of rotatable bonds is 8. The number of anilines is 1. The molecular formula is C35H43N3O5. The molecule has 228 valence electrons. The number of para-hydroxylation sites is 1. The predicted octanol–water partition coefficient (Wildman–Crippen LogP) is 5.06. The number of fused-ring (bicyclic) bond motifs is 1. The van der Waals surface area contributed by atoms with Gasteiger partial charge in [0.15, 0.2) is 0 Å². The molecule has 3 aliphatic heterocycles. The fourth-order valence-electron chi connectivity index (χ4n) is 7.00. The summed E-state index contributed by atoms with van der Waals surface area (Å²) in [6, 6.07) is 17.3. The molecule has 1 N–H and O–H groups in total. The van der Waals surface area contributed by atoms with Crippen LogP contribution in [-0.4, -0.2) is 79.6 Å². The second kappa shape index (κ2) is 13.0. The van der Waals surface area contributed by atoms with Gasteiger partial charge in [-0.2, -0.15) is 0 Å². The molecule has 8 nitrogen and oxygen atoms in total. The van der Waals surface area contributed by atoms with E-state index in [0.29, 0.717) is 32.2 Å². The van der Waals surface area contributed by atoms with Crippen LogP contribution in [0.4, 0.5) is 5.82 Å². The second-order valence-corrected chi connectivity index (χ2v) is 12.1. The number of aromatic nitrogens is 1. The van der Waals surface area contributed by atoms with Crippen LogP contribution in [0.3, 0.4) is 0 Å². The van der Waals surface area contributed by atoms with Crippen molar-refractivity contribution in [3.63, 3.8) is 0 Å². The lowest BCUT2D eigenvalue weighted by atomic mass is 9.94. The first kappa shape index (κ1) is 29.6. The molecule has 2 aromatic carbocycles. The summed E-state index contributed by atoms with van der Waals surface area (Å²) in [6.07, 6.45) is 3.43. The molecule has 2 saturated heterocycles. The molecule has 0 unspecified atom stereocenters. The van der Waals surface area contributed by atoms with E-state index in [9.17, 15) is 9.90 Å². The molecule has 2 fully saturated rings. The Morgan fingerprint density at radius 3 is 2.67 bits per heavy atom. The summed E-state index contributed by atoms with van der Waals surface area (Å²) in [5, 5.41) is 9.58. The highest BCUT2D eigenvalue weighted by atomic mass is 16.5. The number of methoxy groups -OCH3 is 1. The van der Waals surface area contributed by atoms with Gasteiger partial charge in [0.1, 0.15) is 18.2 Å². The van der Waals surface area contributed by atoms with Crippen molar-refractivity contribution in [2.45, 2.75) is 58.3 Å². The number of pyridine rings is 1. The van der Waals surface area contributed by atoms with Crippen LogP contribution < -0.4 is 9.64 Å². The minimum atomic E-state index is -0.805. The zero-order chi connectivity index (χ0) is 29.9. The second-order valence-electron chi connectivity index (χ2n) is 12.1. The zero-order valence-electron chi connectivity index (χ0n) is 25.6. The smallest absolute Gasteiger partial charge is 0.309 e. The van der Waals surface area contributed by atoms with E-state index < -0.39 is 11.9 Å². The number of benzene rings is 2. The maximum Gasteiger partial charge on any atom is 0.309 e. The Labute approximate surface area is 254 Å². The van der Waals surface area contributed by atoms with Gasteiger partial charge in [-0.05, 0) is 85.5 Å². The number of hydrogen-bond acceptors (Lipinski definition) is 7. The molecule has 43 heavy (non-hydrogen) atoms. The number of ether oxygens (including phenoxy) is 3. The number of aliphatic carboxylic acids is 1. The van der Waals surface area contributed by atoms with Crippen LogP contribution in [-0.2, 0) is 33.7 Å². The third kappa shape index (κ3) is 6.28. The third-order valence-electron chi connectivity index (χ3n) is 9.64. The molecule has 0 bridgehead atoms. The van der Waals surface area contributed by atoms with E-state index in [-0.39, 0.29) is 6.10 Å². The van der Waals surface area contributed by atoms with Gasteiger partial charge in [0.2, 0.25) is 0 Å². The highest BCUT2D eigenvalue weighted by Gasteiger charge is 2.35. The van der Waals surface area contributed by atoms with Gasteiger partial charge >= 0.3 is 5.97 Å². The van der Waals surface area contributed by atoms with Crippen LogP contribution in [0.5, 0.6) is 5.75 Å². The molecule has 3 atom stereocenters. The number of carbonyl (C=O) groups is 1. The molecule has 0 spiro atoms. The Hall–Kier alpha value is -3.46. The van der Waals surface area contributed by atoms with Crippen LogP contribution in [0.1, 0.15) is 40.7 Å². The number of hydrogen-bond donors (Lipinski definition) is 1. The van der Waals surface area contributed by atoms with Gasteiger partial charge in [-0.15, -0.1) is 0 Å². The van der Waals surface area contributed by atoms with Crippen molar-refractivity contribution in [3.05, 3.63) is 76.3 Å². The average Bonchev–Trinajstić information content (AvgIpc) is 3.47. The molecule has 0 amide bonds. The minimum Gasteiger partial charge on any atom is -0.488 e. The SMILES string of the molecule is CO[C@@H]1CN(c2cccc(-c3cccc(C)c3OCc3ccc4c(c3C)CCN([C@H]3CCOC3)CC4)n2)CC[C@@H]1C(=O)O. The zero-order valence-corrected chi connectivity index (χ0v) is 25.6. The van der Waals surface area contributed by atoms with Gasteiger partial charge in [0.25, 0.3) is 0 Å². The van der Waals surface area contributed by atoms with Crippen LogP contribution in [0.2, 0.25) is 0 Å². The quantitative estimate of drug-likeness (QED) is 0.393. The standard InChI is InChI=1S/C35H43N3O5/c1-23-6-4-7-29(31-8-5-9-33(36-31)38-18-14-30(35(39)40)32(20-38)41-3)34(23)43-21-26-11-10-25-12-16-37(27-15-19-42-22-27)17-13-28(25)24(26)2/h4-11,27,30,32H,12-22H2,1-3H3,(H,39,40)/t27-,30-,32+/m0/s1. The van der Waals surface area contributed by atoms with Crippen LogP contribution >= 0.6 is 0 Å². The molecule has 4 heterocycles. The summed E-state index contributed by atoms with van der Waals surface area (Å²) in [5.74, 6) is 0.350. The highest BCUT2D eigenvalue weighted by molar-refractivity contribution is 5.72. The summed E-state index contributed by atoms with van der Waals surface area (Å²) >= 11 is 0. The van der Waals surface area contributed by atoms with Crippen molar-refractivity contribution >= 4 is 11.8 Å². The fourth-order valence-corrected chi connectivity index (χ4v) is 7.00. The van der Waals surface area contributed by atoms with Crippen molar-refractivity contribution in [3.8, 4) is 17.0 Å². The summed E-state index contributed by atoms with van der Waals surface area (Å²) in [5.41, 5.74) is 8.35. The third-order valence-corrected chi connectivity index (χ3v) is 9.64. The van der Waals surface area contributed by atoms with E-state index in [1.807, 2.05) is 24.3 Å². The molecule has 0 aliphatic carbocycles. The molecular weight excluding hydrogens is 542 g/mol. The molecule has 6 rings (SSSR count). The first-order chi connectivity index (χ1) is 20.9. The van der Waals surface area contributed by atoms with Crippen molar-refractivity contribution in [1.82, 2.24) is 9.88 Å².